The first-order valence-electron chi connectivity index (χ1n) is 8.46. The third-order valence-corrected chi connectivity index (χ3v) is 4.81. The third-order valence-electron chi connectivity index (χ3n) is 4.61. The molecule has 3 heterocycles. The molecule has 0 saturated carbocycles. The molecule has 7 heteroatoms. The molecule has 1 N–H and O–H groups in total. The molecule has 0 spiro atoms. The third kappa shape index (κ3) is 4.64. The molecule has 0 aliphatic carbocycles. The highest BCUT2D eigenvalue weighted by atomic mass is 35.5. The lowest BCUT2D eigenvalue weighted by atomic mass is 9.90. The zero-order valence-corrected chi connectivity index (χ0v) is 14.8. The number of anilines is 2. The van der Waals surface area contributed by atoms with Gasteiger partial charge in [0.1, 0.15) is 16.8 Å². The smallest absolute Gasteiger partial charge is 0.264 e. The summed E-state index contributed by atoms with van der Waals surface area (Å²) in [4.78, 5) is 10.8. The van der Waals surface area contributed by atoms with Crippen molar-refractivity contribution in [2.24, 2.45) is 0 Å². The summed E-state index contributed by atoms with van der Waals surface area (Å²) < 4.78 is 25.6. The fraction of sp³-hybridized carbons (Fsp3) is 0.444. The fourth-order valence-electron chi connectivity index (χ4n) is 3.18. The van der Waals surface area contributed by atoms with Gasteiger partial charge in [-0.2, -0.15) is 0 Å². The fourth-order valence-corrected chi connectivity index (χ4v) is 3.40. The Morgan fingerprint density at radius 2 is 2.00 bits per heavy atom. The lowest BCUT2D eigenvalue weighted by molar-refractivity contribution is 0.151. The predicted molar refractivity (Wildman–Crippen MR) is 95.8 cm³/mol. The van der Waals surface area contributed by atoms with Crippen molar-refractivity contribution >= 4 is 23.2 Å². The first-order valence-corrected chi connectivity index (χ1v) is 8.84. The molecule has 0 radical (unpaired) electrons. The molecule has 3 rings (SSSR count). The summed E-state index contributed by atoms with van der Waals surface area (Å²) in [5.41, 5.74) is 1.05. The van der Waals surface area contributed by atoms with Crippen molar-refractivity contribution in [1.29, 1.82) is 0 Å². The van der Waals surface area contributed by atoms with Crippen LogP contribution in [0, 0.1) is 0 Å². The molecule has 25 heavy (non-hydrogen) atoms. The Balaban J connectivity index is 1.77. The zero-order valence-electron chi connectivity index (χ0n) is 14.1. The van der Waals surface area contributed by atoms with Gasteiger partial charge >= 0.3 is 0 Å². The predicted octanol–water partition coefficient (Wildman–Crippen LogP) is 5.01. The molecule has 0 atom stereocenters. The van der Waals surface area contributed by atoms with E-state index in [4.69, 9.17) is 11.6 Å². The van der Waals surface area contributed by atoms with Crippen LogP contribution < -0.4 is 5.32 Å². The molecule has 0 amide bonds. The summed E-state index contributed by atoms with van der Waals surface area (Å²) >= 11 is 6.17. The first-order chi connectivity index (χ1) is 12.0. The molecular weight excluding hydrogens is 346 g/mol. The summed E-state index contributed by atoms with van der Waals surface area (Å²) in [5, 5.41) is 3.38. The van der Waals surface area contributed by atoms with Crippen LogP contribution in [0.3, 0.4) is 0 Å². The van der Waals surface area contributed by atoms with E-state index in [1.807, 2.05) is 12.1 Å². The number of likely N-dealkylation sites (tertiary alicyclic amines) is 1. The van der Waals surface area contributed by atoms with Gasteiger partial charge in [-0.25, -0.2) is 18.7 Å². The average Bonchev–Trinajstić information content (AvgIpc) is 2.61. The highest BCUT2D eigenvalue weighted by molar-refractivity contribution is 6.29. The second-order valence-corrected chi connectivity index (χ2v) is 6.60. The van der Waals surface area contributed by atoms with Crippen LogP contribution in [0.4, 0.5) is 20.4 Å². The average molecular weight is 367 g/mol. The van der Waals surface area contributed by atoms with Crippen LogP contribution in [-0.2, 0) is 0 Å². The Morgan fingerprint density at radius 1 is 1.24 bits per heavy atom. The van der Waals surface area contributed by atoms with Crippen LogP contribution in [0.2, 0.25) is 5.15 Å². The zero-order chi connectivity index (χ0) is 17.8. The second-order valence-electron chi connectivity index (χ2n) is 6.22. The monoisotopic (exact) mass is 366 g/mol. The molecule has 1 aliphatic rings. The van der Waals surface area contributed by atoms with Crippen LogP contribution >= 0.6 is 11.6 Å². The summed E-state index contributed by atoms with van der Waals surface area (Å²) in [6, 6.07) is 6.46. The van der Waals surface area contributed by atoms with E-state index < -0.39 is 6.43 Å². The highest BCUT2D eigenvalue weighted by Crippen LogP contribution is 2.31. The SMILES string of the molecule is CCN1CCC(c2cc(Cl)nc(Nc3cc(C(F)F)ccn3)c2)CC1. The van der Waals surface area contributed by atoms with Crippen LogP contribution in [0.15, 0.2) is 30.5 Å². The molecule has 1 fully saturated rings. The topological polar surface area (TPSA) is 41.1 Å². The van der Waals surface area contributed by atoms with Gasteiger partial charge in [0.15, 0.2) is 0 Å². The lowest BCUT2D eigenvalue weighted by Gasteiger charge is -2.31. The number of piperidine rings is 1. The Morgan fingerprint density at radius 3 is 2.68 bits per heavy atom. The normalized spacial score (nSPS) is 16.4. The number of rotatable bonds is 5. The van der Waals surface area contributed by atoms with E-state index in [1.54, 1.807) is 0 Å². The van der Waals surface area contributed by atoms with Gasteiger partial charge < -0.3 is 10.2 Å². The van der Waals surface area contributed by atoms with Crippen molar-refractivity contribution in [3.63, 3.8) is 0 Å². The molecule has 1 aliphatic heterocycles. The second kappa shape index (κ2) is 8.06. The maximum absolute atomic E-state index is 12.8. The number of halogens is 3. The number of nitrogens with zero attached hydrogens (tertiary/aromatic N) is 3. The van der Waals surface area contributed by atoms with Crippen molar-refractivity contribution in [2.45, 2.75) is 32.1 Å². The van der Waals surface area contributed by atoms with E-state index in [9.17, 15) is 8.78 Å². The lowest BCUT2D eigenvalue weighted by Crippen LogP contribution is -2.32. The van der Waals surface area contributed by atoms with Crippen molar-refractivity contribution < 1.29 is 8.78 Å². The van der Waals surface area contributed by atoms with Crippen LogP contribution in [0.1, 0.15) is 43.2 Å². The van der Waals surface area contributed by atoms with E-state index in [2.05, 4.69) is 27.1 Å². The van der Waals surface area contributed by atoms with Gasteiger partial charge in [0.25, 0.3) is 6.43 Å². The quantitative estimate of drug-likeness (QED) is 0.755. The highest BCUT2D eigenvalue weighted by Gasteiger charge is 2.20. The summed E-state index contributed by atoms with van der Waals surface area (Å²) in [6.07, 6.45) is 0.977. The molecule has 4 nitrogen and oxygen atoms in total. The number of alkyl halides is 2. The minimum atomic E-state index is -2.53. The minimum absolute atomic E-state index is 0.0771. The number of nitrogens with one attached hydrogen (secondary N) is 1. The standard InChI is InChI=1S/C18H21ClF2N4/c1-2-25-7-4-12(5-8-25)14-9-15(19)23-17(11-14)24-16-10-13(18(20)21)3-6-22-16/h3,6,9-12,18H,2,4-5,7-8H2,1H3,(H,22,23,24). The Kier molecular flexibility index (Phi) is 5.81. The number of pyridine rings is 2. The largest absolute Gasteiger partial charge is 0.325 e. The van der Waals surface area contributed by atoms with Crippen LogP contribution in [0.25, 0.3) is 0 Å². The molecule has 2 aromatic rings. The Hall–Kier alpha value is -1.79. The summed E-state index contributed by atoms with van der Waals surface area (Å²) in [7, 11) is 0. The molecule has 0 aromatic carbocycles. The molecule has 0 unspecified atom stereocenters. The van der Waals surface area contributed by atoms with Gasteiger partial charge in [-0.1, -0.05) is 18.5 Å². The van der Waals surface area contributed by atoms with Gasteiger partial charge in [0.05, 0.1) is 0 Å². The van der Waals surface area contributed by atoms with Crippen molar-refractivity contribution in [2.75, 3.05) is 25.0 Å². The van der Waals surface area contributed by atoms with Crippen LogP contribution in [0.5, 0.6) is 0 Å². The molecule has 1 saturated heterocycles. The molecule has 0 bridgehead atoms. The van der Waals surface area contributed by atoms with E-state index in [-0.39, 0.29) is 5.56 Å². The van der Waals surface area contributed by atoms with E-state index in [1.165, 1.54) is 18.3 Å². The van der Waals surface area contributed by atoms with Gasteiger partial charge in [-0.05, 0) is 68.2 Å². The van der Waals surface area contributed by atoms with Gasteiger partial charge in [-0.15, -0.1) is 0 Å². The first kappa shape index (κ1) is 18.0. The van der Waals surface area contributed by atoms with Crippen LogP contribution in [-0.4, -0.2) is 34.5 Å². The Labute approximate surface area is 151 Å². The number of hydrogen-bond donors (Lipinski definition) is 1. The molecule has 2 aromatic heterocycles. The van der Waals surface area contributed by atoms with Crippen molar-refractivity contribution in [3.8, 4) is 0 Å². The molecule has 134 valence electrons. The van der Waals surface area contributed by atoms with Gasteiger partial charge in [-0.3, -0.25) is 0 Å². The minimum Gasteiger partial charge on any atom is -0.325 e. The van der Waals surface area contributed by atoms with E-state index >= 15 is 0 Å². The number of hydrogen-bond acceptors (Lipinski definition) is 4. The van der Waals surface area contributed by atoms with E-state index in [0.717, 1.165) is 38.0 Å². The summed E-state index contributed by atoms with van der Waals surface area (Å²) in [5.74, 6) is 1.29. The van der Waals surface area contributed by atoms with Crippen molar-refractivity contribution in [1.82, 2.24) is 14.9 Å². The van der Waals surface area contributed by atoms with Crippen molar-refractivity contribution in [3.05, 3.63) is 46.7 Å². The van der Waals surface area contributed by atoms with E-state index in [0.29, 0.717) is 22.7 Å². The van der Waals surface area contributed by atoms with Gasteiger partial charge in [0, 0.05) is 11.8 Å². The summed E-state index contributed by atoms with van der Waals surface area (Å²) in [6.45, 7) is 5.39. The number of aromatic nitrogens is 2. The maximum atomic E-state index is 12.8. The molecular formula is C18H21ClF2N4. The maximum Gasteiger partial charge on any atom is 0.264 e. The van der Waals surface area contributed by atoms with Gasteiger partial charge in [0.2, 0.25) is 0 Å². The Bertz CT molecular complexity index is 718.